The second kappa shape index (κ2) is 6.34. The van der Waals surface area contributed by atoms with Gasteiger partial charge in [-0.2, -0.15) is 5.26 Å². The van der Waals surface area contributed by atoms with Crippen LogP contribution in [0.25, 0.3) is 0 Å². The summed E-state index contributed by atoms with van der Waals surface area (Å²) < 4.78 is 5.70. The van der Waals surface area contributed by atoms with Crippen molar-refractivity contribution >= 4 is 0 Å². The molecule has 1 rings (SSSR count). The number of nitrogens with one attached hydrogen (secondary N) is 1. The van der Waals surface area contributed by atoms with E-state index in [9.17, 15) is 5.26 Å². The van der Waals surface area contributed by atoms with Crippen molar-refractivity contribution in [3.63, 3.8) is 0 Å². The summed E-state index contributed by atoms with van der Waals surface area (Å²) >= 11 is 0. The van der Waals surface area contributed by atoms with Gasteiger partial charge in [0.15, 0.2) is 0 Å². The molecule has 0 aliphatic carbocycles. The summed E-state index contributed by atoms with van der Waals surface area (Å²) in [5.41, 5.74) is -0.403. The second-order valence-electron chi connectivity index (χ2n) is 5.24. The zero-order valence-corrected chi connectivity index (χ0v) is 11.5. The number of hydrogen-bond donors (Lipinski definition) is 1. The zero-order chi connectivity index (χ0) is 12.9. The van der Waals surface area contributed by atoms with Crippen LogP contribution < -0.4 is 5.32 Å². The van der Waals surface area contributed by atoms with Gasteiger partial charge >= 0.3 is 0 Å². The third-order valence-electron chi connectivity index (χ3n) is 3.24. The lowest BCUT2D eigenvalue weighted by Gasteiger charge is -2.36. The highest BCUT2D eigenvalue weighted by atomic mass is 16.5. The van der Waals surface area contributed by atoms with Gasteiger partial charge in [0.05, 0.1) is 18.3 Å². The third-order valence-corrected chi connectivity index (χ3v) is 3.24. The number of hydrogen-bond acceptors (Lipinski definition) is 4. The van der Waals surface area contributed by atoms with Crippen molar-refractivity contribution in [2.75, 3.05) is 26.2 Å². The fraction of sp³-hybridized carbons (Fsp3) is 0.923. The normalized spacial score (nSPS) is 29.6. The smallest absolute Gasteiger partial charge is 0.105 e. The van der Waals surface area contributed by atoms with E-state index in [0.717, 1.165) is 32.6 Å². The molecule has 1 fully saturated rings. The van der Waals surface area contributed by atoms with Gasteiger partial charge in [0.2, 0.25) is 0 Å². The lowest BCUT2D eigenvalue weighted by atomic mass is 9.99. The molecule has 1 aliphatic heterocycles. The van der Waals surface area contributed by atoms with Crippen molar-refractivity contribution in [1.29, 1.82) is 5.26 Å². The Morgan fingerprint density at radius 1 is 1.41 bits per heavy atom. The molecule has 0 bridgehead atoms. The van der Waals surface area contributed by atoms with Gasteiger partial charge in [-0.3, -0.25) is 10.2 Å². The van der Waals surface area contributed by atoms with Crippen LogP contribution in [-0.2, 0) is 4.74 Å². The second-order valence-corrected chi connectivity index (χ2v) is 5.24. The number of nitriles is 1. The summed E-state index contributed by atoms with van der Waals surface area (Å²) in [7, 11) is 0. The standard InChI is InChI=1S/C13H25N3O/c1-5-15-13(4,10-14)6-7-16-8-11(2)17-12(3)9-16/h11-12,15H,5-9H2,1-4H3/t11-,12+,13?. The molecule has 1 saturated heterocycles. The van der Waals surface area contributed by atoms with Gasteiger partial charge in [-0.1, -0.05) is 6.92 Å². The van der Waals surface area contributed by atoms with Crippen molar-refractivity contribution in [2.24, 2.45) is 0 Å². The molecule has 0 aromatic carbocycles. The fourth-order valence-corrected chi connectivity index (χ4v) is 2.42. The van der Waals surface area contributed by atoms with Crippen LogP contribution in [-0.4, -0.2) is 48.8 Å². The van der Waals surface area contributed by atoms with Crippen LogP contribution in [0.1, 0.15) is 34.1 Å². The molecule has 1 aliphatic rings. The molecule has 1 heterocycles. The summed E-state index contributed by atoms with van der Waals surface area (Å²) in [6.45, 7) is 12.0. The third kappa shape index (κ3) is 4.63. The summed E-state index contributed by atoms with van der Waals surface area (Å²) in [4.78, 5) is 2.39. The Kier molecular flexibility index (Phi) is 5.38. The first-order chi connectivity index (χ1) is 7.99. The molecule has 0 spiro atoms. The molecular weight excluding hydrogens is 214 g/mol. The van der Waals surface area contributed by atoms with E-state index in [0.29, 0.717) is 12.2 Å². The first-order valence-electron chi connectivity index (χ1n) is 6.53. The molecular formula is C13H25N3O. The van der Waals surface area contributed by atoms with Crippen LogP contribution in [0.3, 0.4) is 0 Å². The number of nitrogens with zero attached hydrogens (tertiary/aromatic N) is 2. The Balaban J connectivity index is 2.41. The maximum Gasteiger partial charge on any atom is 0.105 e. The molecule has 0 saturated carbocycles. The minimum absolute atomic E-state index is 0.297. The van der Waals surface area contributed by atoms with Crippen molar-refractivity contribution in [3.8, 4) is 6.07 Å². The van der Waals surface area contributed by atoms with Crippen LogP contribution in [0.4, 0.5) is 0 Å². The minimum Gasteiger partial charge on any atom is -0.373 e. The summed E-state index contributed by atoms with van der Waals surface area (Å²) in [6.07, 6.45) is 1.45. The average Bonchev–Trinajstić information content (AvgIpc) is 2.26. The highest BCUT2D eigenvalue weighted by Gasteiger charge is 2.26. The van der Waals surface area contributed by atoms with E-state index in [1.165, 1.54) is 0 Å². The van der Waals surface area contributed by atoms with Gasteiger partial charge in [0, 0.05) is 19.6 Å². The van der Waals surface area contributed by atoms with E-state index in [-0.39, 0.29) is 0 Å². The van der Waals surface area contributed by atoms with Crippen molar-refractivity contribution in [2.45, 2.75) is 51.9 Å². The summed E-state index contributed by atoms with van der Waals surface area (Å²) in [5.74, 6) is 0. The van der Waals surface area contributed by atoms with Gasteiger partial charge < -0.3 is 4.74 Å². The molecule has 0 radical (unpaired) electrons. The average molecular weight is 239 g/mol. The molecule has 3 atom stereocenters. The minimum atomic E-state index is -0.403. The highest BCUT2D eigenvalue weighted by molar-refractivity contribution is 5.03. The zero-order valence-electron chi connectivity index (χ0n) is 11.5. The molecule has 0 aromatic rings. The summed E-state index contributed by atoms with van der Waals surface area (Å²) in [5, 5.41) is 12.4. The van der Waals surface area contributed by atoms with E-state index in [1.807, 2.05) is 13.8 Å². The van der Waals surface area contributed by atoms with Crippen LogP contribution in [0.15, 0.2) is 0 Å². The molecule has 17 heavy (non-hydrogen) atoms. The molecule has 0 aromatic heterocycles. The van der Waals surface area contributed by atoms with E-state index >= 15 is 0 Å². The quantitative estimate of drug-likeness (QED) is 0.787. The molecule has 1 unspecified atom stereocenters. The van der Waals surface area contributed by atoms with Crippen molar-refractivity contribution in [3.05, 3.63) is 0 Å². The maximum atomic E-state index is 9.19. The van der Waals surface area contributed by atoms with E-state index in [2.05, 4.69) is 30.1 Å². The highest BCUT2D eigenvalue weighted by Crippen LogP contribution is 2.14. The predicted molar refractivity (Wildman–Crippen MR) is 68.8 cm³/mol. The van der Waals surface area contributed by atoms with E-state index in [4.69, 9.17) is 4.74 Å². The Bertz CT molecular complexity index is 266. The van der Waals surface area contributed by atoms with Crippen LogP contribution in [0, 0.1) is 11.3 Å². The van der Waals surface area contributed by atoms with Crippen LogP contribution in [0.2, 0.25) is 0 Å². The number of ether oxygens (including phenoxy) is 1. The van der Waals surface area contributed by atoms with Gasteiger partial charge in [-0.15, -0.1) is 0 Å². The van der Waals surface area contributed by atoms with Crippen LogP contribution >= 0.6 is 0 Å². The van der Waals surface area contributed by atoms with Gasteiger partial charge in [0.25, 0.3) is 0 Å². The van der Waals surface area contributed by atoms with Gasteiger partial charge in [-0.25, -0.2) is 0 Å². The maximum absolute atomic E-state index is 9.19. The topological polar surface area (TPSA) is 48.3 Å². The Hall–Kier alpha value is -0.630. The predicted octanol–water partition coefficient (Wildman–Crippen LogP) is 1.38. The Labute approximate surface area is 105 Å². The van der Waals surface area contributed by atoms with E-state index < -0.39 is 5.54 Å². The monoisotopic (exact) mass is 239 g/mol. The van der Waals surface area contributed by atoms with Crippen LogP contribution in [0.5, 0.6) is 0 Å². The van der Waals surface area contributed by atoms with Gasteiger partial charge in [0.1, 0.15) is 5.54 Å². The molecule has 98 valence electrons. The number of rotatable bonds is 5. The summed E-state index contributed by atoms with van der Waals surface area (Å²) in [6, 6.07) is 2.37. The van der Waals surface area contributed by atoms with Crippen molar-refractivity contribution in [1.82, 2.24) is 10.2 Å². The lowest BCUT2D eigenvalue weighted by molar-refractivity contribution is -0.0689. The Morgan fingerprint density at radius 2 is 2.00 bits per heavy atom. The lowest BCUT2D eigenvalue weighted by Crippen LogP contribution is -2.49. The fourth-order valence-electron chi connectivity index (χ4n) is 2.42. The molecule has 1 N–H and O–H groups in total. The number of morpholine rings is 1. The SMILES string of the molecule is CCNC(C)(C#N)CCN1C[C@@H](C)O[C@@H](C)C1. The molecule has 4 heteroatoms. The first kappa shape index (κ1) is 14.4. The first-order valence-corrected chi connectivity index (χ1v) is 6.53. The molecule has 4 nitrogen and oxygen atoms in total. The van der Waals surface area contributed by atoms with Gasteiger partial charge in [-0.05, 0) is 33.7 Å². The Morgan fingerprint density at radius 3 is 2.47 bits per heavy atom. The molecule has 0 amide bonds. The largest absolute Gasteiger partial charge is 0.373 e. The van der Waals surface area contributed by atoms with E-state index in [1.54, 1.807) is 0 Å². The van der Waals surface area contributed by atoms with Crippen molar-refractivity contribution < 1.29 is 4.74 Å².